The van der Waals surface area contributed by atoms with Gasteiger partial charge in [-0.1, -0.05) is 0 Å². The van der Waals surface area contributed by atoms with Gasteiger partial charge in [0, 0.05) is 31.9 Å². The SMILES string of the molecule is Cc1nnc2c(N3CCCC(CC(=O)O)C3)nccn12. The van der Waals surface area contributed by atoms with Crippen LogP contribution < -0.4 is 4.90 Å². The topological polar surface area (TPSA) is 83.6 Å². The zero-order valence-electron chi connectivity index (χ0n) is 11.4. The highest BCUT2D eigenvalue weighted by molar-refractivity contribution is 5.68. The summed E-state index contributed by atoms with van der Waals surface area (Å²) in [5, 5.41) is 17.2. The third-order valence-electron chi connectivity index (χ3n) is 3.76. The van der Waals surface area contributed by atoms with Gasteiger partial charge in [0.05, 0.1) is 0 Å². The number of aromatic nitrogens is 4. The Morgan fingerprint density at radius 1 is 1.50 bits per heavy atom. The highest BCUT2D eigenvalue weighted by atomic mass is 16.4. The predicted molar refractivity (Wildman–Crippen MR) is 72.7 cm³/mol. The van der Waals surface area contributed by atoms with Crippen LogP contribution in [0.2, 0.25) is 0 Å². The first kappa shape index (κ1) is 12.8. The van der Waals surface area contributed by atoms with Crippen LogP contribution in [-0.4, -0.2) is 43.7 Å². The zero-order chi connectivity index (χ0) is 14.1. The third-order valence-corrected chi connectivity index (χ3v) is 3.76. The number of aryl methyl sites for hydroxylation is 1. The lowest BCUT2D eigenvalue weighted by molar-refractivity contribution is -0.138. The first-order chi connectivity index (χ1) is 9.65. The number of rotatable bonds is 3. The molecule has 1 unspecified atom stereocenters. The van der Waals surface area contributed by atoms with E-state index in [1.54, 1.807) is 6.20 Å². The molecule has 7 heteroatoms. The summed E-state index contributed by atoms with van der Waals surface area (Å²) in [5.74, 6) is 1.06. The van der Waals surface area contributed by atoms with E-state index >= 15 is 0 Å². The van der Waals surface area contributed by atoms with Crippen LogP contribution >= 0.6 is 0 Å². The maximum absolute atomic E-state index is 10.9. The zero-order valence-corrected chi connectivity index (χ0v) is 11.4. The second kappa shape index (κ2) is 5.07. The minimum atomic E-state index is -0.735. The quantitative estimate of drug-likeness (QED) is 0.903. The van der Waals surface area contributed by atoms with Crippen molar-refractivity contribution in [2.45, 2.75) is 26.2 Å². The Morgan fingerprint density at radius 2 is 2.35 bits per heavy atom. The van der Waals surface area contributed by atoms with Crippen LogP contribution in [0, 0.1) is 12.8 Å². The van der Waals surface area contributed by atoms with E-state index in [1.807, 2.05) is 17.5 Å². The van der Waals surface area contributed by atoms with Crippen LogP contribution in [0.3, 0.4) is 0 Å². The molecule has 1 N–H and O–H groups in total. The Kier molecular flexibility index (Phi) is 3.25. The fourth-order valence-electron chi connectivity index (χ4n) is 2.82. The molecule has 3 heterocycles. The number of hydrogen-bond donors (Lipinski definition) is 1. The molecule has 7 nitrogen and oxygen atoms in total. The van der Waals surface area contributed by atoms with Crippen molar-refractivity contribution in [3.05, 3.63) is 18.2 Å². The number of carboxylic acid groups (broad SMARTS) is 1. The van der Waals surface area contributed by atoms with E-state index in [0.29, 0.717) is 6.54 Å². The van der Waals surface area contributed by atoms with Gasteiger partial charge >= 0.3 is 5.97 Å². The summed E-state index contributed by atoms with van der Waals surface area (Å²) in [6.45, 7) is 3.49. The molecule has 1 saturated heterocycles. The maximum Gasteiger partial charge on any atom is 0.303 e. The van der Waals surface area contributed by atoms with Gasteiger partial charge in [-0.15, -0.1) is 10.2 Å². The predicted octanol–water partition coefficient (Wildman–Crippen LogP) is 1.12. The molecule has 0 bridgehead atoms. The van der Waals surface area contributed by atoms with Crippen molar-refractivity contribution in [3.8, 4) is 0 Å². The second-order valence-corrected chi connectivity index (χ2v) is 5.24. The van der Waals surface area contributed by atoms with Gasteiger partial charge in [0.2, 0.25) is 5.65 Å². The number of hydrogen-bond acceptors (Lipinski definition) is 5. The average molecular weight is 275 g/mol. The molecule has 106 valence electrons. The van der Waals surface area contributed by atoms with Crippen molar-refractivity contribution in [2.75, 3.05) is 18.0 Å². The first-order valence-electron chi connectivity index (χ1n) is 6.78. The van der Waals surface area contributed by atoms with E-state index in [1.165, 1.54) is 0 Å². The summed E-state index contributed by atoms with van der Waals surface area (Å²) in [7, 11) is 0. The molecule has 0 aromatic carbocycles. The molecule has 1 fully saturated rings. The fraction of sp³-hybridized carbons (Fsp3) is 0.538. The van der Waals surface area contributed by atoms with Gasteiger partial charge in [-0.25, -0.2) is 4.98 Å². The molecule has 2 aromatic heterocycles. The van der Waals surface area contributed by atoms with Crippen LogP contribution in [0.5, 0.6) is 0 Å². The van der Waals surface area contributed by atoms with Crippen molar-refractivity contribution >= 4 is 17.4 Å². The van der Waals surface area contributed by atoms with E-state index in [9.17, 15) is 4.79 Å². The van der Waals surface area contributed by atoms with E-state index < -0.39 is 5.97 Å². The minimum Gasteiger partial charge on any atom is -0.481 e. The van der Waals surface area contributed by atoms with Gasteiger partial charge in [-0.3, -0.25) is 9.20 Å². The number of anilines is 1. The molecule has 1 aliphatic heterocycles. The summed E-state index contributed by atoms with van der Waals surface area (Å²) >= 11 is 0. The number of nitrogens with zero attached hydrogens (tertiary/aromatic N) is 5. The van der Waals surface area contributed by atoms with Crippen molar-refractivity contribution in [2.24, 2.45) is 5.92 Å². The monoisotopic (exact) mass is 275 g/mol. The van der Waals surface area contributed by atoms with Crippen LogP contribution in [0.25, 0.3) is 5.65 Å². The van der Waals surface area contributed by atoms with Gasteiger partial charge in [0.1, 0.15) is 5.82 Å². The average Bonchev–Trinajstić information content (AvgIpc) is 2.80. The molecule has 0 aliphatic carbocycles. The molecule has 1 aliphatic rings. The van der Waals surface area contributed by atoms with Crippen molar-refractivity contribution in [1.82, 2.24) is 19.6 Å². The van der Waals surface area contributed by atoms with Crippen LogP contribution in [0.1, 0.15) is 25.1 Å². The Bertz CT molecular complexity index is 639. The smallest absolute Gasteiger partial charge is 0.303 e. The van der Waals surface area contributed by atoms with Gasteiger partial charge in [0.15, 0.2) is 5.82 Å². The highest BCUT2D eigenvalue weighted by Crippen LogP contribution is 2.26. The number of carboxylic acids is 1. The summed E-state index contributed by atoms with van der Waals surface area (Å²) in [5.41, 5.74) is 0.737. The Hall–Kier alpha value is -2.18. The van der Waals surface area contributed by atoms with E-state index in [4.69, 9.17) is 5.11 Å². The van der Waals surface area contributed by atoms with Crippen LogP contribution in [-0.2, 0) is 4.79 Å². The van der Waals surface area contributed by atoms with Gasteiger partial charge in [0.25, 0.3) is 0 Å². The van der Waals surface area contributed by atoms with E-state index in [2.05, 4.69) is 20.1 Å². The van der Waals surface area contributed by atoms with Crippen molar-refractivity contribution in [3.63, 3.8) is 0 Å². The Labute approximate surface area is 116 Å². The van der Waals surface area contributed by atoms with Crippen molar-refractivity contribution in [1.29, 1.82) is 0 Å². The third kappa shape index (κ3) is 2.31. The normalized spacial score (nSPS) is 19.4. The van der Waals surface area contributed by atoms with Crippen LogP contribution in [0.15, 0.2) is 12.4 Å². The van der Waals surface area contributed by atoms with Crippen molar-refractivity contribution < 1.29 is 9.90 Å². The molecule has 0 amide bonds. The standard InChI is InChI=1S/C13H17N5O2/c1-9-15-16-13-12(14-4-6-18(9)13)17-5-2-3-10(8-17)7-11(19)20/h4,6,10H,2-3,5,7-8H2,1H3,(H,19,20). The number of fused-ring (bicyclic) bond motifs is 1. The molecule has 0 radical (unpaired) electrons. The lowest BCUT2D eigenvalue weighted by Gasteiger charge is -2.32. The highest BCUT2D eigenvalue weighted by Gasteiger charge is 2.24. The van der Waals surface area contributed by atoms with Gasteiger partial charge in [-0.2, -0.15) is 0 Å². The lowest BCUT2D eigenvalue weighted by Crippen LogP contribution is -2.37. The number of piperidine rings is 1. The molecular weight excluding hydrogens is 258 g/mol. The Morgan fingerprint density at radius 3 is 3.15 bits per heavy atom. The Balaban J connectivity index is 1.88. The van der Waals surface area contributed by atoms with E-state index in [-0.39, 0.29) is 12.3 Å². The van der Waals surface area contributed by atoms with Gasteiger partial charge in [-0.05, 0) is 25.7 Å². The molecule has 0 saturated carbocycles. The summed E-state index contributed by atoms with van der Waals surface area (Å²) < 4.78 is 1.91. The summed E-state index contributed by atoms with van der Waals surface area (Å²) in [6, 6.07) is 0. The van der Waals surface area contributed by atoms with Crippen LogP contribution in [0.4, 0.5) is 5.82 Å². The number of aliphatic carboxylic acids is 1. The molecule has 2 aromatic rings. The second-order valence-electron chi connectivity index (χ2n) is 5.24. The molecule has 0 spiro atoms. The first-order valence-corrected chi connectivity index (χ1v) is 6.78. The van der Waals surface area contributed by atoms with E-state index in [0.717, 1.165) is 36.7 Å². The van der Waals surface area contributed by atoms with Gasteiger partial charge < -0.3 is 10.0 Å². The lowest BCUT2D eigenvalue weighted by atomic mass is 9.95. The number of carbonyl (C=O) groups is 1. The molecule has 20 heavy (non-hydrogen) atoms. The molecule has 1 atom stereocenters. The summed E-state index contributed by atoms with van der Waals surface area (Å²) in [4.78, 5) is 17.4. The largest absolute Gasteiger partial charge is 0.481 e. The molecular formula is C13H17N5O2. The summed E-state index contributed by atoms with van der Waals surface area (Å²) in [6.07, 6.45) is 5.73. The maximum atomic E-state index is 10.9. The minimum absolute atomic E-state index is 0.173. The molecule has 3 rings (SSSR count). The fourth-order valence-corrected chi connectivity index (χ4v) is 2.82.